The highest BCUT2D eigenvalue weighted by molar-refractivity contribution is 7.88. The van der Waals surface area contributed by atoms with Crippen molar-refractivity contribution in [2.45, 2.75) is 44.4 Å². The zero-order valence-electron chi connectivity index (χ0n) is 11.5. The van der Waals surface area contributed by atoms with E-state index >= 15 is 0 Å². The van der Waals surface area contributed by atoms with Crippen molar-refractivity contribution in [3.05, 3.63) is 33.8 Å². The molecular formula is C14H19Cl2NO2S. The number of piperidine rings is 1. The summed E-state index contributed by atoms with van der Waals surface area (Å²) in [6.45, 7) is 2.67. The molecule has 0 spiro atoms. The Kier molecular flexibility index (Phi) is 5.35. The van der Waals surface area contributed by atoms with Gasteiger partial charge in [-0.25, -0.2) is 8.42 Å². The molecule has 1 aromatic rings. The van der Waals surface area contributed by atoms with Crippen molar-refractivity contribution >= 4 is 33.2 Å². The average Bonchev–Trinajstić information content (AvgIpc) is 2.42. The molecule has 1 atom stereocenters. The lowest BCUT2D eigenvalue weighted by Gasteiger charge is -2.34. The SMILES string of the molecule is CCC1CCCCN1S(=O)(=O)Cc1ccc(Cl)c(Cl)c1. The zero-order chi connectivity index (χ0) is 14.8. The zero-order valence-corrected chi connectivity index (χ0v) is 13.8. The van der Waals surface area contributed by atoms with Crippen LogP contribution in [-0.2, 0) is 15.8 Å². The van der Waals surface area contributed by atoms with Crippen molar-refractivity contribution < 1.29 is 8.42 Å². The standard InChI is InChI=1S/C14H19Cl2NO2S/c1-2-12-5-3-4-8-17(12)20(18,19)10-11-6-7-13(15)14(16)9-11/h6-7,9,12H,2-5,8,10H2,1H3. The first kappa shape index (κ1) is 16.1. The number of benzene rings is 1. The Morgan fingerprint density at radius 2 is 2.00 bits per heavy atom. The van der Waals surface area contributed by atoms with Crippen molar-refractivity contribution in [1.29, 1.82) is 0 Å². The van der Waals surface area contributed by atoms with Gasteiger partial charge in [0.15, 0.2) is 0 Å². The third-order valence-corrected chi connectivity index (χ3v) is 6.37. The van der Waals surface area contributed by atoms with Crippen LogP contribution in [-0.4, -0.2) is 25.3 Å². The number of hydrogen-bond acceptors (Lipinski definition) is 2. The van der Waals surface area contributed by atoms with E-state index in [1.54, 1.807) is 22.5 Å². The van der Waals surface area contributed by atoms with Gasteiger partial charge in [0.05, 0.1) is 15.8 Å². The van der Waals surface area contributed by atoms with E-state index in [-0.39, 0.29) is 11.8 Å². The van der Waals surface area contributed by atoms with Crippen molar-refractivity contribution in [1.82, 2.24) is 4.31 Å². The molecule has 1 aliphatic rings. The van der Waals surface area contributed by atoms with Crippen molar-refractivity contribution in [3.8, 4) is 0 Å². The highest BCUT2D eigenvalue weighted by Crippen LogP contribution is 2.27. The van der Waals surface area contributed by atoms with E-state index in [2.05, 4.69) is 0 Å². The van der Waals surface area contributed by atoms with Crippen LogP contribution < -0.4 is 0 Å². The maximum atomic E-state index is 12.6. The Hall–Kier alpha value is -0.290. The highest BCUT2D eigenvalue weighted by Gasteiger charge is 2.31. The number of hydrogen-bond donors (Lipinski definition) is 0. The fourth-order valence-electron chi connectivity index (χ4n) is 2.67. The summed E-state index contributed by atoms with van der Waals surface area (Å²) in [5.41, 5.74) is 0.680. The van der Waals surface area contributed by atoms with Gasteiger partial charge in [0.1, 0.15) is 0 Å². The van der Waals surface area contributed by atoms with Crippen LogP contribution in [0.5, 0.6) is 0 Å². The van der Waals surface area contributed by atoms with E-state index in [9.17, 15) is 8.42 Å². The summed E-state index contributed by atoms with van der Waals surface area (Å²) in [5, 5.41) is 0.835. The molecule has 1 fully saturated rings. The normalized spacial score (nSPS) is 21.1. The van der Waals surface area contributed by atoms with Gasteiger partial charge in [0.2, 0.25) is 10.0 Å². The largest absolute Gasteiger partial charge is 0.218 e. The van der Waals surface area contributed by atoms with Crippen molar-refractivity contribution in [3.63, 3.8) is 0 Å². The van der Waals surface area contributed by atoms with Crippen LogP contribution in [0.25, 0.3) is 0 Å². The van der Waals surface area contributed by atoms with E-state index in [0.717, 1.165) is 25.7 Å². The summed E-state index contributed by atoms with van der Waals surface area (Å²) < 4.78 is 26.8. The van der Waals surface area contributed by atoms with Crippen LogP contribution in [0.15, 0.2) is 18.2 Å². The summed E-state index contributed by atoms with van der Waals surface area (Å²) in [7, 11) is -3.30. The Labute approximate surface area is 130 Å². The minimum absolute atomic E-state index is 0.0135. The molecule has 1 aliphatic heterocycles. The number of nitrogens with zero attached hydrogens (tertiary/aromatic N) is 1. The summed E-state index contributed by atoms with van der Waals surface area (Å²) in [6.07, 6.45) is 3.87. The molecule has 0 saturated carbocycles. The molecule has 0 aromatic heterocycles. The van der Waals surface area contributed by atoms with Gasteiger partial charge >= 0.3 is 0 Å². The van der Waals surface area contributed by atoms with Crippen molar-refractivity contribution in [2.75, 3.05) is 6.54 Å². The topological polar surface area (TPSA) is 37.4 Å². The molecule has 1 aromatic carbocycles. The first-order chi connectivity index (χ1) is 9.44. The molecule has 0 aliphatic carbocycles. The molecule has 6 heteroatoms. The molecule has 112 valence electrons. The van der Waals surface area contributed by atoms with Crippen LogP contribution in [0.4, 0.5) is 0 Å². The van der Waals surface area contributed by atoms with E-state index in [4.69, 9.17) is 23.2 Å². The van der Waals surface area contributed by atoms with Crippen LogP contribution >= 0.6 is 23.2 Å². The van der Waals surface area contributed by atoms with Gasteiger partial charge in [-0.2, -0.15) is 4.31 Å². The lowest BCUT2D eigenvalue weighted by atomic mass is 10.0. The van der Waals surface area contributed by atoms with Gasteiger partial charge < -0.3 is 0 Å². The second-order valence-electron chi connectivity index (χ2n) is 5.17. The molecule has 1 saturated heterocycles. The van der Waals surface area contributed by atoms with Crippen molar-refractivity contribution in [2.24, 2.45) is 0 Å². The number of sulfonamides is 1. The lowest BCUT2D eigenvalue weighted by Crippen LogP contribution is -2.43. The predicted molar refractivity (Wildman–Crippen MR) is 83.7 cm³/mol. The lowest BCUT2D eigenvalue weighted by molar-refractivity contribution is 0.246. The molecule has 3 nitrogen and oxygen atoms in total. The maximum Gasteiger partial charge on any atom is 0.218 e. The maximum absolute atomic E-state index is 12.6. The van der Waals surface area contributed by atoms with Gasteiger partial charge in [-0.3, -0.25) is 0 Å². The summed E-state index contributed by atoms with van der Waals surface area (Å²) in [6, 6.07) is 5.13. The van der Waals surface area contributed by atoms with E-state index < -0.39 is 10.0 Å². The third-order valence-electron chi connectivity index (χ3n) is 3.73. The minimum atomic E-state index is -3.30. The van der Waals surface area contributed by atoms with E-state index in [0.29, 0.717) is 22.2 Å². The van der Waals surface area contributed by atoms with Gasteiger partial charge in [0.25, 0.3) is 0 Å². The Morgan fingerprint density at radius 1 is 1.25 bits per heavy atom. The molecule has 2 rings (SSSR count). The smallest absolute Gasteiger partial charge is 0.212 e. The predicted octanol–water partition coefficient (Wildman–Crippen LogP) is 4.09. The van der Waals surface area contributed by atoms with Gasteiger partial charge in [-0.15, -0.1) is 0 Å². The number of rotatable bonds is 4. The van der Waals surface area contributed by atoms with Crippen LogP contribution in [0.3, 0.4) is 0 Å². The molecule has 0 bridgehead atoms. The van der Waals surface area contributed by atoms with E-state index in [1.165, 1.54) is 0 Å². The molecular weight excluding hydrogens is 317 g/mol. The average molecular weight is 336 g/mol. The molecule has 0 N–H and O–H groups in total. The second-order valence-corrected chi connectivity index (χ2v) is 7.91. The summed E-state index contributed by atoms with van der Waals surface area (Å²) in [4.78, 5) is 0. The number of halogens is 2. The van der Waals surface area contributed by atoms with E-state index in [1.807, 2.05) is 6.92 Å². The third kappa shape index (κ3) is 3.67. The molecule has 20 heavy (non-hydrogen) atoms. The van der Waals surface area contributed by atoms with Crippen LogP contribution in [0.2, 0.25) is 10.0 Å². The molecule has 1 unspecified atom stereocenters. The van der Waals surface area contributed by atoms with Gasteiger partial charge in [-0.05, 0) is 37.0 Å². The Balaban J connectivity index is 2.19. The quantitative estimate of drug-likeness (QED) is 0.830. The molecule has 0 amide bonds. The fraction of sp³-hybridized carbons (Fsp3) is 0.571. The van der Waals surface area contributed by atoms with Crippen LogP contribution in [0, 0.1) is 0 Å². The summed E-state index contributed by atoms with van der Waals surface area (Å²) in [5.74, 6) is -0.0135. The monoisotopic (exact) mass is 335 g/mol. The molecule has 0 radical (unpaired) electrons. The minimum Gasteiger partial charge on any atom is -0.212 e. The first-order valence-corrected chi connectivity index (χ1v) is 9.24. The fourth-order valence-corrected chi connectivity index (χ4v) is 4.87. The summed E-state index contributed by atoms with van der Waals surface area (Å²) >= 11 is 11.8. The Morgan fingerprint density at radius 3 is 2.65 bits per heavy atom. The van der Waals surface area contributed by atoms with Gasteiger partial charge in [0, 0.05) is 12.6 Å². The second kappa shape index (κ2) is 6.65. The highest BCUT2D eigenvalue weighted by atomic mass is 35.5. The molecule has 1 heterocycles. The Bertz CT molecular complexity index is 575. The van der Waals surface area contributed by atoms with Crippen LogP contribution in [0.1, 0.15) is 38.2 Å². The first-order valence-electron chi connectivity index (χ1n) is 6.87. The van der Waals surface area contributed by atoms with Gasteiger partial charge in [-0.1, -0.05) is 42.6 Å².